The van der Waals surface area contributed by atoms with Gasteiger partial charge in [0.15, 0.2) is 0 Å². The maximum Gasteiger partial charge on any atom is 0.324 e. The van der Waals surface area contributed by atoms with Crippen LogP contribution in [0.5, 0.6) is 0 Å². The molecule has 2 saturated heterocycles. The van der Waals surface area contributed by atoms with E-state index in [1.54, 1.807) is 0 Å². The van der Waals surface area contributed by atoms with Gasteiger partial charge >= 0.3 is 6.03 Å². The zero-order valence-corrected chi connectivity index (χ0v) is 14.1. The number of carbonyl (C=O) groups excluding carboxylic acids is 3. The zero-order valence-electron chi connectivity index (χ0n) is 14.1. The molecular formula is C18H23N3O3. The molecule has 0 radical (unpaired) electrons. The van der Waals surface area contributed by atoms with Gasteiger partial charge in [-0.25, -0.2) is 4.79 Å². The first-order valence-corrected chi connectivity index (χ1v) is 8.39. The summed E-state index contributed by atoms with van der Waals surface area (Å²) in [7, 11) is 0. The van der Waals surface area contributed by atoms with E-state index in [-0.39, 0.29) is 30.8 Å². The van der Waals surface area contributed by atoms with Crippen molar-refractivity contribution in [2.75, 3.05) is 19.6 Å². The molecule has 128 valence electrons. The number of rotatable bonds is 3. The lowest BCUT2D eigenvalue weighted by molar-refractivity contribution is -0.133. The Morgan fingerprint density at radius 2 is 2.04 bits per heavy atom. The standard InChI is InChI=1S/C18H23N3O3/c1-12-5-3-4-6-15(12)14-9-13(2)21(10-14)17(23)11-20-8-7-16(22)19-18(20)24/h3-6,13-14H,7-11H2,1-2H3,(H,19,22,24)/t13-,14+/m0/s1. The van der Waals surface area contributed by atoms with Gasteiger partial charge in [0.1, 0.15) is 6.54 Å². The highest BCUT2D eigenvalue weighted by atomic mass is 16.2. The first-order valence-electron chi connectivity index (χ1n) is 8.39. The van der Waals surface area contributed by atoms with Crippen LogP contribution in [0.1, 0.15) is 36.8 Å². The van der Waals surface area contributed by atoms with Crippen LogP contribution in [0.2, 0.25) is 0 Å². The summed E-state index contributed by atoms with van der Waals surface area (Å²) in [6.45, 7) is 5.17. The van der Waals surface area contributed by atoms with Crippen LogP contribution in [0.25, 0.3) is 0 Å². The van der Waals surface area contributed by atoms with E-state index in [1.165, 1.54) is 16.0 Å². The molecule has 0 spiro atoms. The third-order valence-electron chi connectivity index (χ3n) is 4.99. The van der Waals surface area contributed by atoms with Gasteiger partial charge in [0.2, 0.25) is 11.8 Å². The van der Waals surface area contributed by atoms with Crippen LogP contribution in [0, 0.1) is 6.92 Å². The van der Waals surface area contributed by atoms with Crippen molar-refractivity contribution in [3.63, 3.8) is 0 Å². The van der Waals surface area contributed by atoms with Crippen LogP contribution in [0.3, 0.4) is 0 Å². The van der Waals surface area contributed by atoms with E-state index in [4.69, 9.17) is 0 Å². The summed E-state index contributed by atoms with van der Waals surface area (Å²) in [6, 6.07) is 7.96. The van der Waals surface area contributed by atoms with Crippen molar-refractivity contribution in [2.45, 2.75) is 38.6 Å². The Morgan fingerprint density at radius 1 is 1.29 bits per heavy atom. The third kappa shape index (κ3) is 3.27. The minimum atomic E-state index is -0.470. The van der Waals surface area contributed by atoms with E-state index in [0.717, 1.165) is 6.42 Å². The molecule has 1 N–H and O–H groups in total. The van der Waals surface area contributed by atoms with Crippen molar-refractivity contribution < 1.29 is 14.4 Å². The van der Waals surface area contributed by atoms with Crippen LogP contribution in [0.15, 0.2) is 24.3 Å². The molecule has 1 aromatic carbocycles. The Bertz CT molecular complexity index is 673. The Kier molecular flexibility index (Phi) is 4.55. The molecule has 2 fully saturated rings. The molecule has 0 bridgehead atoms. The van der Waals surface area contributed by atoms with Crippen molar-refractivity contribution in [2.24, 2.45) is 0 Å². The van der Waals surface area contributed by atoms with Crippen molar-refractivity contribution in [3.05, 3.63) is 35.4 Å². The van der Waals surface area contributed by atoms with Crippen LogP contribution in [-0.2, 0) is 9.59 Å². The molecule has 0 aromatic heterocycles. The molecule has 0 saturated carbocycles. The highest BCUT2D eigenvalue weighted by Gasteiger charge is 2.35. The molecule has 0 unspecified atom stereocenters. The predicted octanol–water partition coefficient (Wildman–Crippen LogP) is 1.64. The fourth-order valence-corrected chi connectivity index (χ4v) is 3.65. The van der Waals surface area contributed by atoms with E-state index >= 15 is 0 Å². The van der Waals surface area contributed by atoms with E-state index in [9.17, 15) is 14.4 Å². The van der Waals surface area contributed by atoms with Crippen LogP contribution >= 0.6 is 0 Å². The van der Waals surface area contributed by atoms with Crippen LogP contribution in [-0.4, -0.2) is 53.3 Å². The van der Waals surface area contributed by atoms with E-state index in [0.29, 0.717) is 19.0 Å². The lowest BCUT2D eigenvalue weighted by Crippen LogP contribution is -2.53. The summed E-state index contributed by atoms with van der Waals surface area (Å²) < 4.78 is 0. The minimum absolute atomic E-state index is 0.0317. The highest BCUT2D eigenvalue weighted by Crippen LogP contribution is 2.33. The molecule has 2 aliphatic rings. The van der Waals surface area contributed by atoms with Crippen molar-refractivity contribution in [1.82, 2.24) is 15.1 Å². The second kappa shape index (κ2) is 6.63. The van der Waals surface area contributed by atoms with E-state index < -0.39 is 6.03 Å². The van der Waals surface area contributed by atoms with Gasteiger partial charge in [-0.2, -0.15) is 0 Å². The SMILES string of the molecule is Cc1ccccc1[C@@H]1C[C@H](C)N(C(=O)CN2CCC(=O)NC2=O)C1. The number of likely N-dealkylation sites (tertiary alicyclic amines) is 1. The molecule has 2 heterocycles. The summed E-state index contributed by atoms with van der Waals surface area (Å²) >= 11 is 0. The first kappa shape index (κ1) is 16.5. The highest BCUT2D eigenvalue weighted by molar-refractivity contribution is 5.98. The molecule has 6 heteroatoms. The van der Waals surface area contributed by atoms with Crippen LogP contribution in [0.4, 0.5) is 4.79 Å². The number of hydrogen-bond acceptors (Lipinski definition) is 3. The summed E-state index contributed by atoms with van der Waals surface area (Å²) in [5, 5.41) is 2.26. The van der Waals surface area contributed by atoms with Gasteiger partial charge in [0.25, 0.3) is 0 Å². The Morgan fingerprint density at radius 3 is 2.75 bits per heavy atom. The molecule has 6 nitrogen and oxygen atoms in total. The summed E-state index contributed by atoms with van der Waals surface area (Å²) in [5.74, 6) is 0.00264. The maximum absolute atomic E-state index is 12.6. The molecule has 24 heavy (non-hydrogen) atoms. The number of amides is 4. The van der Waals surface area contributed by atoms with Crippen molar-refractivity contribution in [3.8, 4) is 0 Å². The second-order valence-electron chi connectivity index (χ2n) is 6.71. The van der Waals surface area contributed by atoms with Gasteiger partial charge in [0.05, 0.1) is 0 Å². The Hall–Kier alpha value is -2.37. The first-order chi connectivity index (χ1) is 11.5. The Labute approximate surface area is 141 Å². The maximum atomic E-state index is 12.6. The molecule has 0 aliphatic carbocycles. The topological polar surface area (TPSA) is 69.7 Å². The fourth-order valence-electron chi connectivity index (χ4n) is 3.65. The summed E-state index contributed by atoms with van der Waals surface area (Å²) in [6.07, 6.45) is 1.18. The van der Waals surface area contributed by atoms with E-state index in [1.807, 2.05) is 17.0 Å². The second-order valence-corrected chi connectivity index (χ2v) is 6.71. The van der Waals surface area contributed by atoms with Gasteiger partial charge in [0, 0.05) is 31.5 Å². The number of urea groups is 1. The molecule has 4 amide bonds. The molecule has 2 atom stereocenters. The average Bonchev–Trinajstić information content (AvgIpc) is 2.92. The van der Waals surface area contributed by atoms with Gasteiger partial charge in [-0.15, -0.1) is 0 Å². The normalized spacial score (nSPS) is 24.2. The number of aryl methyl sites for hydroxylation is 1. The van der Waals surface area contributed by atoms with Gasteiger partial charge < -0.3 is 9.80 Å². The van der Waals surface area contributed by atoms with Gasteiger partial charge in [-0.1, -0.05) is 24.3 Å². The van der Waals surface area contributed by atoms with E-state index in [2.05, 4.69) is 31.3 Å². The number of imide groups is 1. The molecule has 3 rings (SSSR count). The largest absolute Gasteiger partial charge is 0.338 e. The average molecular weight is 329 g/mol. The number of nitrogens with zero attached hydrogens (tertiary/aromatic N) is 2. The predicted molar refractivity (Wildman–Crippen MR) is 89.4 cm³/mol. The molecule has 2 aliphatic heterocycles. The quantitative estimate of drug-likeness (QED) is 0.916. The summed E-state index contributed by atoms with van der Waals surface area (Å²) in [4.78, 5) is 38.9. The fraction of sp³-hybridized carbons (Fsp3) is 0.500. The molecule has 1 aromatic rings. The number of hydrogen-bond donors (Lipinski definition) is 1. The lowest BCUT2D eigenvalue weighted by atomic mass is 9.93. The lowest BCUT2D eigenvalue weighted by Gasteiger charge is -2.29. The number of carbonyl (C=O) groups is 3. The number of benzene rings is 1. The van der Waals surface area contributed by atoms with Crippen molar-refractivity contribution in [1.29, 1.82) is 0 Å². The third-order valence-corrected chi connectivity index (χ3v) is 4.99. The van der Waals surface area contributed by atoms with Crippen LogP contribution < -0.4 is 5.32 Å². The van der Waals surface area contributed by atoms with Crippen molar-refractivity contribution >= 4 is 17.8 Å². The zero-order chi connectivity index (χ0) is 17.3. The summed E-state index contributed by atoms with van der Waals surface area (Å²) in [5.41, 5.74) is 2.54. The van der Waals surface area contributed by atoms with Gasteiger partial charge in [-0.3, -0.25) is 14.9 Å². The monoisotopic (exact) mass is 329 g/mol. The smallest absolute Gasteiger partial charge is 0.324 e. The Balaban J connectivity index is 1.65. The van der Waals surface area contributed by atoms with Gasteiger partial charge in [-0.05, 0) is 31.4 Å². The number of nitrogens with one attached hydrogen (secondary N) is 1. The molecular weight excluding hydrogens is 306 g/mol. The minimum Gasteiger partial charge on any atom is -0.338 e.